The van der Waals surface area contributed by atoms with Crippen LogP contribution in [0.4, 0.5) is 0 Å². The van der Waals surface area contributed by atoms with E-state index in [1.165, 1.54) is 0 Å². The van der Waals surface area contributed by atoms with Gasteiger partial charge in [-0.15, -0.1) is 0 Å². The van der Waals surface area contributed by atoms with Crippen molar-refractivity contribution in [3.8, 4) is 0 Å². The van der Waals surface area contributed by atoms with E-state index in [0.717, 1.165) is 18.4 Å². The number of hydrogen-bond donors (Lipinski definition) is 0. The van der Waals surface area contributed by atoms with Crippen molar-refractivity contribution in [1.82, 2.24) is 0 Å². The van der Waals surface area contributed by atoms with Crippen molar-refractivity contribution < 1.29 is 19.1 Å². The molecule has 1 atom stereocenters. The maximum Gasteiger partial charge on any atom is 0.344 e. The smallest absolute Gasteiger partial charge is 0.344 e. The second-order valence-corrected chi connectivity index (χ2v) is 5.47. The molecule has 4 heteroatoms. The van der Waals surface area contributed by atoms with Gasteiger partial charge in [-0.3, -0.25) is 4.79 Å². The zero-order valence-electron chi connectivity index (χ0n) is 11.6. The van der Waals surface area contributed by atoms with Crippen LogP contribution in [-0.4, -0.2) is 24.6 Å². The van der Waals surface area contributed by atoms with Crippen molar-refractivity contribution in [3.63, 3.8) is 0 Å². The molecule has 1 aliphatic rings. The third-order valence-corrected chi connectivity index (χ3v) is 3.07. The molecule has 0 fully saturated rings. The summed E-state index contributed by atoms with van der Waals surface area (Å²) in [6.07, 6.45) is 4.11. The average molecular weight is 254 g/mol. The molecule has 0 aromatic carbocycles. The summed E-state index contributed by atoms with van der Waals surface area (Å²) in [7, 11) is 0. The van der Waals surface area contributed by atoms with Gasteiger partial charge < -0.3 is 9.47 Å². The Morgan fingerprint density at radius 2 is 2.06 bits per heavy atom. The third-order valence-electron chi connectivity index (χ3n) is 3.07. The molecular weight excluding hydrogens is 232 g/mol. The number of carbonyl (C=O) groups excluding carboxylic acids is 2. The molecule has 0 bridgehead atoms. The summed E-state index contributed by atoms with van der Waals surface area (Å²) >= 11 is 0. The van der Waals surface area contributed by atoms with Gasteiger partial charge in [0, 0.05) is 6.42 Å². The minimum absolute atomic E-state index is 0.236. The van der Waals surface area contributed by atoms with E-state index in [-0.39, 0.29) is 30.5 Å². The molecule has 0 amide bonds. The summed E-state index contributed by atoms with van der Waals surface area (Å²) in [5.74, 6) is -0.879. The lowest BCUT2D eigenvalue weighted by molar-refractivity contribution is -0.160. The summed E-state index contributed by atoms with van der Waals surface area (Å²) in [4.78, 5) is 22.4. The summed E-state index contributed by atoms with van der Waals surface area (Å²) in [6.45, 7) is 7.62. The van der Waals surface area contributed by atoms with Crippen LogP contribution >= 0.6 is 0 Å². The fraction of sp³-hybridized carbons (Fsp3) is 0.714. The van der Waals surface area contributed by atoms with Gasteiger partial charge in [0.15, 0.2) is 6.61 Å². The van der Waals surface area contributed by atoms with Gasteiger partial charge in [0.2, 0.25) is 0 Å². The summed E-state index contributed by atoms with van der Waals surface area (Å²) in [6, 6.07) is 0. The Morgan fingerprint density at radius 3 is 2.56 bits per heavy atom. The molecule has 1 unspecified atom stereocenters. The highest BCUT2D eigenvalue weighted by Gasteiger charge is 2.28. The Kier molecular flexibility index (Phi) is 4.93. The van der Waals surface area contributed by atoms with E-state index < -0.39 is 5.97 Å². The van der Waals surface area contributed by atoms with Crippen LogP contribution in [0.5, 0.6) is 0 Å². The van der Waals surface area contributed by atoms with Crippen LogP contribution in [-0.2, 0) is 19.1 Å². The van der Waals surface area contributed by atoms with E-state index in [1.807, 2.05) is 6.92 Å². The van der Waals surface area contributed by atoms with Crippen LogP contribution in [0.1, 0.15) is 47.0 Å². The molecule has 1 rings (SSSR count). The zero-order valence-corrected chi connectivity index (χ0v) is 11.6. The van der Waals surface area contributed by atoms with Crippen LogP contribution in [0.2, 0.25) is 0 Å². The van der Waals surface area contributed by atoms with E-state index >= 15 is 0 Å². The van der Waals surface area contributed by atoms with Crippen molar-refractivity contribution in [2.75, 3.05) is 6.61 Å². The lowest BCUT2D eigenvalue weighted by Crippen LogP contribution is -2.22. The first kappa shape index (κ1) is 14.7. The van der Waals surface area contributed by atoms with Gasteiger partial charge >= 0.3 is 11.9 Å². The average Bonchev–Trinajstić information content (AvgIpc) is 2.66. The van der Waals surface area contributed by atoms with Crippen LogP contribution < -0.4 is 0 Å². The number of rotatable bonds is 5. The van der Waals surface area contributed by atoms with Gasteiger partial charge in [-0.1, -0.05) is 26.8 Å². The van der Waals surface area contributed by atoms with Gasteiger partial charge in [-0.2, -0.15) is 0 Å². The molecule has 0 aromatic rings. The predicted octanol–water partition coefficient (Wildman–Crippen LogP) is 2.62. The third kappa shape index (κ3) is 4.51. The number of esters is 2. The molecule has 1 aliphatic carbocycles. The van der Waals surface area contributed by atoms with Crippen LogP contribution in [0.3, 0.4) is 0 Å². The van der Waals surface area contributed by atoms with Crippen molar-refractivity contribution in [2.45, 2.75) is 53.1 Å². The number of carbonyl (C=O) groups is 2. The second kappa shape index (κ2) is 6.03. The van der Waals surface area contributed by atoms with Crippen LogP contribution in [0.25, 0.3) is 0 Å². The fourth-order valence-electron chi connectivity index (χ4n) is 1.96. The van der Waals surface area contributed by atoms with E-state index in [9.17, 15) is 9.59 Å². The molecule has 0 aromatic heterocycles. The largest absolute Gasteiger partial charge is 0.456 e. The normalized spacial score (nSPS) is 19.0. The SMILES string of the molecule is CCC(=O)OCC(=O)OC(C)C1=CCC(C)(C)C1. The zero-order chi connectivity index (χ0) is 13.8. The molecule has 18 heavy (non-hydrogen) atoms. The van der Waals surface area contributed by atoms with E-state index in [1.54, 1.807) is 6.92 Å². The highest BCUT2D eigenvalue weighted by Crippen LogP contribution is 2.38. The predicted molar refractivity (Wildman–Crippen MR) is 67.9 cm³/mol. The molecule has 0 spiro atoms. The lowest BCUT2D eigenvalue weighted by Gasteiger charge is -2.20. The van der Waals surface area contributed by atoms with Crippen molar-refractivity contribution in [2.24, 2.45) is 5.41 Å². The van der Waals surface area contributed by atoms with E-state index in [2.05, 4.69) is 19.9 Å². The van der Waals surface area contributed by atoms with Gasteiger partial charge in [-0.05, 0) is 30.8 Å². The summed E-state index contributed by atoms with van der Waals surface area (Å²) in [5, 5.41) is 0. The Labute approximate surface area is 108 Å². The monoisotopic (exact) mass is 254 g/mol. The molecule has 0 radical (unpaired) electrons. The van der Waals surface area contributed by atoms with Gasteiger partial charge in [0.05, 0.1) is 0 Å². The van der Waals surface area contributed by atoms with Gasteiger partial charge in [0.25, 0.3) is 0 Å². The Balaban J connectivity index is 2.34. The first-order chi connectivity index (χ1) is 8.34. The summed E-state index contributed by atoms with van der Waals surface area (Å²) < 4.78 is 9.96. The fourth-order valence-corrected chi connectivity index (χ4v) is 1.96. The van der Waals surface area contributed by atoms with Crippen molar-refractivity contribution in [3.05, 3.63) is 11.6 Å². The first-order valence-corrected chi connectivity index (χ1v) is 6.38. The molecule has 0 saturated heterocycles. The number of ether oxygens (including phenoxy) is 2. The van der Waals surface area contributed by atoms with Crippen LogP contribution in [0.15, 0.2) is 11.6 Å². The van der Waals surface area contributed by atoms with Crippen molar-refractivity contribution >= 4 is 11.9 Å². The van der Waals surface area contributed by atoms with E-state index in [4.69, 9.17) is 9.47 Å². The molecule has 0 aliphatic heterocycles. The topological polar surface area (TPSA) is 52.6 Å². The lowest BCUT2D eigenvalue weighted by atomic mass is 9.89. The highest BCUT2D eigenvalue weighted by atomic mass is 16.6. The number of hydrogen-bond acceptors (Lipinski definition) is 4. The molecule has 0 heterocycles. The molecule has 102 valence electrons. The maximum atomic E-state index is 11.5. The second-order valence-electron chi connectivity index (χ2n) is 5.47. The molecule has 4 nitrogen and oxygen atoms in total. The molecule has 0 saturated carbocycles. The highest BCUT2D eigenvalue weighted by molar-refractivity contribution is 5.76. The molecule has 0 N–H and O–H groups in total. The summed E-state index contributed by atoms with van der Waals surface area (Å²) in [5.41, 5.74) is 1.40. The maximum absolute atomic E-state index is 11.5. The van der Waals surface area contributed by atoms with Gasteiger partial charge in [-0.25, -0.2) is 4.79 Å². The molecular formula is C14H22O4. The van der Waals surface area contributed by atoms with E-state index in [0.29, 0.717) is 0 Å². The Hall–Kier alpha value is -1.32. The minimum atomic E-state index is -0.491. The standard InChI is InChI=1S/C14H22O4/c1-5-12(15)17-9-13(16)18-10(2)11-6-7-14(3,4)8-11/h6,10H,5,7-9H2,1-4H3. The Bertz CT molecular complexity index is 355. The number of allylic oxidation sites excluding steroid dienone is 1. The first-order valence-electron chi connectivity index (χ1n) is 6.38. The van der Waals surface area contributed by atoms with Crippen LogP contribution in [0, 0.1) is 5.41 Å². The minimum Gasteiger partial charge on any atom is -0.456 e. The quantitative estimate of drug-likeness (QED) is 0.559. The van der Waals surface area contributed by atoms with Crippen molar-refractivity contribution in [1.29, 1.82) is 0 Å². The Morgan fingerprint density at radius 1 is 1.39 bits per heavy atom. The van der Waals surface area contributed by atoms with Gasteiger partial charge in [0.1, 0.15) is 6.10 Å².